The standard InChI is InChI=1S/C6H4NO/c8-6-3-1-2-4-7-5-6/h1,3-5H. The normalized spacial score (nSPS) is 8.50. The summed E-state index contributed by atoms with van der Waals surface area (Å²) in [5.41, 5.74) is -0.0914. The van der Waals surface area contributed by atoms with Crippen molar-refractivity contribution in [3.05, 3.63) is 40.8 Å². The molecule has 8 heavy (non-hydrogen) atoms. The van der Waals surface area contributed by atoms with Gasteiger partial charge in [-0.15, -0.1) is 0 Å². The maximum Gasteiger partial charge on any atom is 0.196 e. The Kier molecular flexibility index (Phi) is 1.37. The zero-order chi connectivity index (χ0) is 5.82. The highest BCUT2D eigenvalue weighted by molar-refractivity contribution is 4.90. The molecule has 0 aliphatic heterocycles. The average Bonchev–Trinajstić information content (AvgIpc) is 1.94. The first kappa shape index (κ1) is 4.97. The lowest BCUT2D eigenvalue weighted by Crippen LogP contribution is -1.89. The van der Waals surface area contributed by atoms with E-state index in [1.165, 1.54) is 24.5 Å². The molecule has 0 aromatic carbocycles. The zero-order valence-corrected chi connectivity index (χ0v) is 4.16. The number of aromatic nitrogens is 1. The summed E-state index contributed by atoms with van der Waals surface area (Å²) in [4.78, 5) is 14.0. The van der Waals surface area contributed by atoms with E-state index in [-0.39, 0.29) is 5.43 Å². The van der Waals surface area contributed by atoms with E-state index in [0.717, 1.165) is 0 Å². The predicted octanol–water partition coefficient (Wildman–Crippen LogP) is 0.242. The van der Waals surface area contributed by atoms with Crippen LogP contribution in [-0.2, 0) is 0 Å². The largest absolute Gasteiger partial charge is 0.288 e. The fourth-order valence-electron chi connectivity index (χ4n) is 0.370. The maximum atomic E-state index is 10.4. The maximum absolute atomic E-state index is 10.4. The van der Waals surface area contributed by atoms with Crippen LogP contribution in [0.4, 0.5) is 0 Å². The predicted molar refractivity (Wildman–Crippen MR) is 29.3 cm³/mol. The van der Waals surface area contributed by atoms with Crippen LogP contribution in [0.3, 0.4) is 0 Å². The molecule has 0 fully saturated rings. The SMILES string of the molecule is O=c1cc[c]cnc1. The highest BCUT2D eigenvalue weighted by Crippen LogP contribution is 1.66. The highest BCUT2D eigenvalue weighted by Gasteiger charge is 1.71. The Balaban J connectivity index is 3.32. The van der Waals surface area contributed by atoms with Gasteiger partial charge in [-0.25, -0.2) is 0 Å². The second kappa shape index (κ2) is 2.21. The third-order valence-corrected chi connectivity index (χ3v) is 0.695. The summed E-state index contributed by atoms with van der Waals surface area (Å²) in [6, 6.07) is 5.60. The van der Waals surface area contributed by atoms with Crippen molar-refractivity contribution in [2.45, 2.75) is 0 Å². The minimum atomic E-state index is -0.0914. The van der Waals surface area contributed by atoms with Gasteiger partial charge in [0.25, 0.3) is 0 Å². The van der Waals surface area contributed by atoms with Gasteiger partial charge in [0.05, 0.1) is 6.20 Å². The van der Waals surface area contributed by atoms with Crippen molar-refractivity contribution in [1.82, 2.24) is 4.98 Å². The molecule has 0 bridgehead atoms. The van der Waals surface area contributed by atoms with Gasteiger partial charge < -0.3 is 0 Å². The summed E-state index contributed by atoms with van der Waals surface area (Å²) in [5, 5.41) is 0. The molecule has 39 valence electrons. The molecule has 0 unspecified atom stereocenters. The lowest BCUT2D eigenvalue weighted by molar-refractivity contribution is 1.34. The molecular weight excluding hydrogens is 102 g/mol. The third kappa shape index (κ3) is 1.15. The van der Waals surface area contributed by atoms with Crippen molar-refractivity contribution >= 4 is 0 Å². The molecule has 0 saturated carbocycles. The van der Waals surface area contributed by atoms with Gasteiger partial charge in [-0.2, -0.15) is 0 Å². The van der Waals surface area contributed by atoms with E-state index in [1.54, 1.807) is 0 Å². The van der Waals surface area contributed by atoms with Crippen LogP contribution in [0.5, 0.6) is 0 Å². The molecule has 2 nitrogen and oxygen atoms in total. The van der Waals surface area contributed by atoms with Crippen molar-refractivity contribution in [2.24, 2.45) is 0 Å². The quantitative estimate of drug-likeness (QED) is 0.474. The molecule has 2 heteroatoms. The fraction of sp³-hybridized carbons (Fsp3) is 0. The van der Waals surface area contributed by atoms with Crippen LogP contribution in [0.1, 0.15) is 0 Å². The minimum Gasteiger partial charge on any atom is -0.288 e. The smallest absolute Gasteiger partial charge is 0.196 e. The molecule has 0 amide bonds. The number of hydrogen-bond donors (Lipinski definition) is 0. The molecule has 0 spiro atoms. The molecule has 0 aliphatic rings. The lowest BCUT2D eigenvalue weighted by Gasteiger charge is -1.56. The second-order valence-electron chi connectivity index (χ2n) is 1.31. The Hall–Kier alpha value is -1.18. The third-order valence-electron chi connectivity index (χ3n) is 0.695. The Morgan fingerprint density at radius 3 is 3.38 bits per heavy atom. The molecule has 0 N–H and O–H groups in total. The summed E-state index contributed by atoms with van der Waals surface area (Å²) >= 11 is 0. The summed E-state index contributed by atoms with van der Waals surface area (Å²) in [5.74, 6) is 0. The molecule has 1 aromatic heterocycles. The van der Waals surface area contributed by atoms with E-state index in [0.29, 0.717) is 0 Å². The van der Waals surface area contributed by atoms with E-state index in [2.05, 4.69) is 11.1 Å². The first-order chi connectivity index (χ1) is 3.89. The van der Waals surface area contributed by atoms with Crippen molar-refractivity contribution < 1.29 is 0 Å². The first-order valence-electron chi connectivity index (χ1n) is 2.21. The highest BCUT2D eigenvalue weighted by atomic mass is 16.1. The van der Waals surface area contributed by atoms with Crippen LogP contribution in [0.25, 0.3) is 0 Å². The molecular formula is C6H4NO. The Bertz CT molecular complexity index is 199. The van der Waals surface area contributed by atoms with E-state index < -0.39 is 0 Å². The van der Waals surface area contributed by atoms with Crippen LogP contribution in [0.15, 0.2) is 29.3 Å². The van der Waals surface area contributed by atoms with Gasteiger partial charge in [-0.1, -0.05) is 0 Å². The van der Waals surface area contributed by atoms with Gasteiger partial charge >= 0.3 is 0 Å². The minimum absolute atomic E-state index is 0.0914. The summed E-state index contributed by atoms with van der Waals surface area (Å²) in [6.45, 7) is 0. The zero-order valence-electron chi connectivity index (χ0n) is 4.16. The van der Waals surface area contributed by atoms with Gasteiger partial charge in [-0.05, 0) is 12.1 Å². The van der Waals surface area contributed by atoms with Crippen molar-refractivity contribution in [3.63, 3.8) is 0 Å². The Morgan fingerprint density at radius 1 is 1.62 bits per heavy atom. The lowest BCUT2D eigenvalue weighted by atomic mass is 10.5. The van der Waals surface area contributed by atoms with E-state index in [4.69, 9.17) is 0 Å². The monoisotopic (exact) mass is 106 g/mol. The van der Waals surface area contributed by atoms with E-state index >= 15 is 0 Å². The van der Waals surface area contributed by atoms with Crippen molar-refractivity contribution in [3.8, 4) is 0 Å². The molecule has 0 saturated heterocycles. The Labute approximate surface area is 46.8 Å². The number of rotatable bonds is 0. The molecule has 1 rings (SSSR count). The molecule has 1 aromatic rings. The summed E-state index contributed by atoms with van der Waals surface area (Å²) < 4.78 is 0. The van der Waals surface area contributed by atoms with E-state index in [9.17, 15) is 4.79 Å². The van der Waals surface area contributed by atoms with Gasteiger partial charge in [0.1, 0.15) is 0 Å². The Morgan fingerprint density at radius 2 is 2.50 bits per heavy atom. The van der Waals surface area contributed by atoms with Crippen molar-refractivity contribution in [1.29, 1.82) is 0 Å². The molecule has 0 aliphatic carbocycles. The first-order valence-corrected chi connectivity index (χ1v) is 2.21. The van der Waals surface area contributed by atoms with Crippen LogP contribution in [0.2, 0.25) is 0 Å². The van der Waals surface area contributed by atoms with E-state index in [1.807, 2.05) is 0 Å². The van der Waals surface area contributed by atoms with Crippen LogP contribution in [0, 0.1) is 6.07 Å². The van der Waals surface area contributed by atoms with Crippen LogP contribution < -0.4 is 5.43 Å². The molecule has 1 heterocycles. The van der Waals surface area contributed by atoms with Gasteiger partial charge in [0, 0.05) is 12.3 Å². The average molecular weight is 106 g/mol. The van der Waals surface area contributed by atoms with Crippen molar-refractivity contribution in [2.75, 3.05) is 0 Å². The number of hydrogen-bond acceptors (Lipinski definition) is 2. The second-order valence-corrected chi connectivity index (χ2v) is 1.31. The van der Waals surface area contributed by atoms with Crippen LogP contribution >= 0.6 is 0 Å². The number of nitrogens with zero attached hydrogens (tertiary/aromatic N) is 1. The fourth-order valence-corrected chi connectivity index (χ4v) is 0.370. The molecule has 1 radical (unpaired) electrons. The van der Waals surface area contributed by atoms with Crippen LogP contribution in [-0.4, -0.2) is 4.98 Å². The molecule has 0 atom stereocenters. The van der Waals surface area contributed by atoms with Gasteiger partial charge in [0.15, 0.2) is 5.43 Å². The topological polar surface area (TPSA) is 30.0 Å². The summed E-state index contributed by atoms with van der Waals surface area (Å²) in [7, 11) is 0. The van der Waals surface area contributed by atoms with Gasteiger partial charge in [-0.3, -0.25) is 9.78 Å². The van der Waals surface area contributed by atoms with Gasteiger partial charge in [0.2, 0.25) is 0 Å². The summed E-state index contributed by atoms with van der Waals surface area (Å²) in [6.07, 6.45) is 2.69.